The maximum absolute atomic E-state index is 5.16. The molecular weight excluding hydrogens is 408 g/mol. The van der Waals surface area contributed by atoms with Gasteiger partial charge in [-0.05, 0) is 19.4 Å². The molecule has 1 fully saturated rings. The van der Waals surface area contributed by atoms with Gasteiger partial charge < -0.3 is 20.3 Å². The minimum Gasteiger partial charge on any atom is -0.377 e. The van der Waals surface area contributed by atoms with Gasteiger partial charge in [0.15, 0.2) is 11.8 Å². The molecule has 0 radical (unpaired) electrons. The van der Waals surface area contributed by atoms with Gasteiger partial charge in [-0.2, -0.15) is 5.10 Å². The lowest BCUT2D eigenvalue weighted by atomic mass is 10.1. The summed E-state index contributed by atoms with van der Waals surface area (Å²) in [4.78, 5) is 22.8. The zero-order chi connectivity index (χ0) is 22.2. The Labute approximate surface area is 189 Å². The summed E-state index contributed by atoms with van der Waals surface area (Å²) in [6.45, 7) is 9.76. The molecule has 0 amide bonds. The molecule has 4 heterocycles. The topological polar surface area (TPSA) is 109 Å². The van der Waals surface area contributed by atoms with Gasteiger partial charge in [0.25, 0.3) is 0 Å². The van der Waals surface area contributed by atoms with E-state index >= 15 is 0 Å². The number of piperazine rings is 1. The van der Waals surface area contributed by atoms with E-state index in [1.807, 2.05) is 10.7 Å². The van der Waals surface area contributed by atoms with E-state index < -0.39 is 0 Å². The molecule has 1 unspecified atom stereocenters. The van der Waals surface area contributed by atoms with Crippen LogP contribution in [-0.4, -0.2) is 94.6 Å². The molecule has 0 aliphatic carbocycles. The van der Waals surface area contributed by atoms with Crippen molar-refractivity contribution in [2.45, 2.75) is 39.0 Å². The predicted molar refractivity (Wildman–Crippen MR) is 123 cm³/mol. The molecular formula is C21H34N10O. The molecule has 32 heavy (non-hydrogen) atoms. The van der Waals surface area contributed by atoms with Gasteiger partial charge in [-0.15, -0.1) is 0 Å². The van der Waals surface area contributed by atoms with Crippen LogP contribution < -0.4 is 15.5 Å². The van der Waals surface area contributed by atoms with E-state index in [1.54, 1.807) is 19.5 Å². The fourth-order valence-electron chi connectivity index (χ4n) is 4.11. The molecule has 2 N–H and O–H groups in total. The van der Waals surface area contributed by atoms with Crippen LogP contribution in [0.1, 0.15) is 25.0 Å². The predicted octanol–water partition coefficient (Wildman–Crippen LogP) is -0.0934. The molecule has 11 heteroatoms. The van der Waals surface area contributed by atoms with E-state index in [4.69, 9.17) is 9.73 Å². The highest BCUT2D eigenvalue weighted by molar-refractivity contribution is 5.80. The fourth-order valence-corrected chi connectivity index (χ4v) is 4.11. The lowest BCUT2D eigenvalue weighted by molar-refractivity contribution is 0.177. The molecule has 1 atom stereocenters. The Balaban J connectivity index is 1.24. The first-order valence-electron chi connectivity index (χ1n) is 11.5. The third-order valence-corrected chi connectivity index (χ3v) is 5.75. The number of guanidine groups is 1. The first kappa shape index (κ1) is 22.4. The third kappa shape index (κ3) is 5.92. The first-order valence-corrected chi connectivity index (χ1v) is 11.5. The number of aromatic nitrogens is 5. The monoisotopic (exact) mass is 442 g/mol. The van der Waals surface area contributed by atoms with Crippen LogP contribution in [0, 0.1) is 0 Å². The highest BCUT2D eigenvalue weighted by Crippen LogP contribution is 2.13. The average Bonchev–Trinajstić information content (AvgIpc) is 3.22. The van der Waals surface area contributed by atoms with Crippen molar-refractivity contribution in [3.8, 4) is 0 Å². The number of anilines is 1. The maximum atomic E-state index is 5.16. The zero-order valence-electron chi connectivity index (χ0n) is 19.1. The Morgan fingerprint density at radius 3 is 2.78 bits per heavy atom. The summed E-state index contributed by atoms with van der Waals surface area (Å²) in [5, 5.41) is 11.5. The molecule has 2 aliphatic rings. The normalized spacial score (nSPS) is 19.6. The fraction of sp³-hybridized carbons (Fsp3) is 0.667. The standard InChI is InChI=1S/C21H34N10O/c1-3-22-20(26-17-5-6-19-27-18(16-32-2)28-31(19)15-17)23-9-10-29-11-13-30(14-12-29)21-24-7-4-8-25-21/h4,7-8,17H,3,5-6,9-16H2,1-2H3,(H2,22,23,26). The molecule has 2 aromatic heterocycles. The van der Waals surface area contributed by atoms with E-state index in [1.165, 1.54) is 0 Å². The highest BCUT2D eigenvalue weighted by Gasteiger charge is 2.22. The maximum Gasteiger partial charge on any atom is 0.225 e. The molecule has 0 saturated carbocycles. The molecule has 174 valence electrons. The number of nitrogens with one attached hydrogen (secondary N) is 2. The Morgan fingerprint density at radius 1 is 1.22 bits per heavy atom. The van der Waals surface area contributed by atoms with Gasteiger partial charge >= 0.3 is 0 Å². The highest BCUT2D eigenvalue weighted by atomic mass is 16.5. The third-order valence-electron chi connectivity index (χ3n) is 5.75. The number of hydrogen-bond acceptors (Lipinski definition) is 8. The van der Waals surface area contributed by atoms with E-state index in [0.29, 0.717) is 6.61 Å². The lowest BCUT2D eigenvalue weighted by Gasteiger charge is -2.34. The van der Waals surface area contributed by atoms with E-state index in [9.17, 15) is 0 Å². The summed E-state index contributed by atoms with van der Waals surface area (Å²) in [5.41, 5.74) is 0. The number of ether oxygens (including phenoxy) is 1. The van der Waals surface area contributed by atoms with Crippen LogP contribution >= 0.6 is 0 Å². The molecule has 0 bridgehead atoms. The molecule has 0 aromatic carbocycles. The Bertz CT molecular complexity index is 863. The second kappa shape index (κ2) is 11.2. The number of rotatable bonds is 8. The molecule has 0 spiro atoms. The van der Waals surface area contributed by atoms with Crippen LogP contribution in [-0.2, 0) is 24.3 Å². The Morgan fingerprint density at radius 2 is 2.03 bits per heavy atom. The smallest absolute Gasteiger partial charge is 0.225 e. The Hall–Kier alpha value is -2.79. The first-order chi connectivity index (χ1) is 15.7. The minimum absolute atomic E-state index is 0.284. The van der Waals surface area contributed by atoms with Gasteiger partial charge in [0.05, 0.1) is 13.1 Å². The van der Waals surface area contributed by atoms with Crippen molar-refractivity contribution >= 4 is 11.9 Å². The molecule has 1 saturated heterocycles. The molecule has 11 nitrogen and oxygen atoms in total. The second-order valence-corrected chi connectivity index (χ2v) is 8.08. The van der Waals surface area contributed by atoms with Crippen LogP contribution in [0.25, 0.3) is 0 Å². The van der Waals surface area contributed by atoms with Crippen molar-refractivity contribution in [1.82, 2.24) is 40.3 Å². The van der Waals surface area contributed by atoms with Crippen LogP contribution in [0.4, 0.5) is 5.95 Å². The summed E-state index contributed by atoms with van der Waals surface area (Å²) >= 11 is 0. The molecule has 2 aliphatic heterocycles. The van der Waals surface area contributed by atoms with Gasteiger partial charge in [-0.25, -0.2) is 19.6 Å². The van der Waals surface area contributed by atoms with Gasteiger partial charge in [-0.1, -0.05) is 0 Å². The van der Waals surface area contributed by atoms with Crippen molar-refractivity contribution in [1.29, 1.82) is 0 Å². The van der Waals surface area contributed by atoms with Crippen molar-refractivity contribution in [3.63, 3.8) is 0 Å². The summed E-state index contributed by atoms with van der Waals surface area (Å²) in [7, 11) is 1.67. The van der Waals surface area contributed by atoms with Crippen LogP contribution in [0.2, 0.25) is 0 Å². The van der Waals surface area contributed by atoms with E-state index in [2.05, 4.69) is 47.4 Å². The summed E-state index contributed by atoms with van der Waals surface area (Å²) in [5.74, 6) is 3.48. The number of aliphatic imine (C=N–C) groups is 1. The number of methoxy groups -OCH3 is 1. The van der Waals surface area contributed by atoms with Crippen molar-refractivity contribution in [2.24, 2.45) is 4.99 Å². The summed E-state index contributed by atoms with van der Waals surface area (Å²) in [6.07, 6.45) is 5.52. The number of fused-ring (bicyclic) bond motifs is 1. The minimum atomic E-state index is 0.284. The van der Waals surface area contributed by atoms with Crippen LogP contribution in [0.3, 0.4) is 0 Å². The summed E-state index contributed by atoms with van der Waals surface area (Å²) in [6, 6.07) is 2.14. The summed E-state index contributed by atoms with van der Waals surface area (Å²) < 4.78 is 7.15. The number of aryl methyl sites for hydroxylation is 1. The average molecular weight is 443 g/mol. The quantitative estimate of drug-likeness (QED) is 0.428. The second-order valence-electron chi connectivity index (χ2n) is 8.08. The van der Waals surface area contributed by atoms with Crippen molar-refractivity contribution in [2.75, 3.05) is 57.8 Å². The van der Waals surface area contributed by atoms with Gasteiger partial charge in [0.2, 0.25) is 5.95 Å². The molecule has 2 aromatic rings. The number of nitrogens with zero attached hydrogens (tertiary/aromatic N) is 8. The van der Waals surface area contributed by atoms with Gasteiger partial charge in [-0.3, -0.25) is 9.89 Å². The van der Waals surface area contributed by atoms with E-state index in [-0.39, 0.29) is 6.04 Å². The Kier molecular flexibility index (Phi) is 7.83. The van der Waals surface area contributed by atoms with E-state index in [0.717, 1.165) is 88.8 Å². The SMILES string of the molecule is CCNC(=NCCN1CCN(c2ncccn2)CC1)NC1CCc2nc(COC)nn2C1. The number of hydrogen-bond donors (Lipinski definition) is 2. The van der Waals surface area contributed by atoms with Crippen LogP contribution in [0.5, 0.6) is 0 Å². The van der Waals surface area contributed by atoms with Gasteiger partial charge in [0, 0.05) is 71.2 Å². The lowest BCUT2D eigenvalue weighted by Crippen LogP contribution is -2.48. The largest absolute Gasteiger partial charge is 0.377 e. The van der Waals surface area contributed by atoms with Crippen molar-refractivity contribution in [3.05, 3.63) is 30.1 Å². The van der Waals surface area contributed by atoms with Gasteiger partial charge in [0.1, 0.15) is 12.4 Å². The van der Waals surface area contributed by atoms with Crippen LogP contribution in [0.15, 0.2) is 23.5 Å². The molecule has 4 rings (SSSR count). The van der Waals surface area contributed by atoms with Crippen molar-refractivity contribution < 1.29 is 4.74 Å². The zero-order valence-corrected chi connectivity index (χ0v) is 19.1.